The lowest BCUT2D eigenvalue weighted by molar-refractivity contribution is 0.953. The smallest absolute Gasteiger partial charge is 0.238 e. The van der Waals surface area contributed by atoms with E-state index in [0.717, 1.165) is 77.3 Å². The van der Waals surface area contributed by atoms with Crippen molar-refractivity contribution >= 4 is 43.6 Å². The van der Waals surface area contributed by atoms with E-state index in [9.17, 15) is 0 Å². The Morgan fingerprint density at radius 3 is 1.25 bits per heavy atom. The second-order valence-electron chi connectivity index (χ2n) is 17.2. The fraction of sp³-hybridized carbons (Fsp3) is 0. The second kappa shape index (κ2) is 16.4. The van der Waals surface area contributed by atoms with Crippen LogP contribution in [0.1, 0.15) is 0 Å². The van der Waals surface area contributed by atoms with Gasteiger partial charge in [-0.2, -0.15) is 9.97 Å². The normalized spacial score (nSPS) is 11.5. The van der Waals surface area contributed by atoms with Crippen LogP contribution >= 0.6 is 0 Å². The van der Waals surface area contributed by atoms with Gasteiger partial charge in [-0.15, -0.1) is 0 Å². The van der Waals surface area contributed by atoms with E-state index in [4.69, 9.17) is 15.0 Å². The largest absolute Gasteiger partial charge is 0.307 e. The third kappa shape index (κ3) is 6.68. The van der Waals surface area contributed by atoms with Crippen LogP contribution in [0.15, 0.2) is 249 Å². The van der Waals surface area contributed by atoms with Crippen LogP contribution in [-0.4, -0.2) is 24.1 Å². The van der Waals surface area contributed by atoms with Crippen molar-refractivity contribution in [2.75, 3.05) is 0 Å². The first-order chi connectivity index (χ1) is 33.7. The Labute approximate surface area is 393 Å². The highest BCUT2D eigenvalue weighted by atomic mass is 15.2. The summed E-state index contributed by atoms with van der Waals surface area (Å²) >= 11 is 0. The van der Waals surface area contributed by atoms with Gasteiger partial charge in [-0.05, 0) is 75.3 Å². The van der Waals surface area contributed by atoms with Crippen molar-refractivity contribution in [2.24, 2.45) is 0 Å². The van der Waals surface area contributed by atoms with Gasteiger partial charge >= 0.3 is 0 Å². The Morgan fingerprint density at radius 1 is 0.250 bits per heavy atom. The number of rotatable bonds is 8. The lowest BCUT2D eigenvalue weighted by atomic mass is 9.98. The predicted octanol–water partition coefficient (Wildman–Crippen LogP) is 16.1. The van der Waals surface area contributed by atoms with Gasteiger partial charge in [0.1, 0.15) is 0 Å². The highest BCUT2D eigenvalue weighted by Gasteiger charge is 2.24. The molecule has 0 unspecified atom stereocenters. The van der Waals surface area contributed by atoms with Crippen LogP contribution in [0.25, 0.3) is 123 Å². The van der Waals surface area contributed by atoms with E-state index >= 15 is 0 Å². The van der Waals surface area contributed by atoms with E-state index in [2.05, 4.69) is 240 Å². The van der Waals surface area contributed by atoms with Crippen LogP contribution in [0.5, 0.6) is 0 Å². The van der Waals surface area contributed by atoms with Crippen LogP contribution in [0.2, 0.25) is 0 Å². The Morgan fingerprint density at radius 2 is 0.647 bits per heavy atom. The molecule has 0 atom stereocenters. The number of hydrogen-bond acceptors (Lipinski definition) is 3. The van der Waals surface area contributed by atoms with E-state index in [0.29, 0.717) is 17.6 Å². The minimum Gasteiger partial charge on any atom is -0.307 e. The Hall–Kier alpha value is -9.19. The van der Waals surface area contributed by atoms with Crippen molar-refractivity contribution < 1.29 is 0 Å². The lowest BCUT2D eigenvalue weighted by Gasteiger charge is -2.16. The molecule has 318 valence electrons. The third-order valence-electron chi connectivity index (χ3n) is 13.2. The molecular weight excluding hydrogens is 827 g/mol. The molecule has 0 amide bonds. The highest BCUT2D eigenvalue weighted by Crippen LogP contribution is 2.43. The molecule has 13 aromatic rings. The monoisotopic (exact) mass is 867 g/mol. The first-order valence-electron chi connectivity index (χ1n) is 23.0. The van der Waals surface area contributed by atoms with Crippen molar-refractivity contribution in [1.29, 1.82) is 0 Å². The summed E-state index contributed by atoms with van der Waals surface area (Å²) in [4.78, 5) is 16.1. The maximum Gasteiger partial charge on any atom is 0.238 e. The fourth-order valence-electron chi connectivity index (χ4n) is 10.0. The van der Waals surface area contributed by atoms with Gasteiger partial charge < -0.3 is 4.57 Å². The van der Waals surface area contributed by atoms with Crippen LogP contribution in [-0.2, 0) is 0 Å². The summed E-state index contributed by atoms with van der Waals surface area (Å²) in [5.74, 6) is 1.74. The Bertz CT molecular complexity index is 4020. The molecule has 0 aliphatic rings. The molecule has 0 spiro atoms. The van der Waals surface area contributed by atoms with Crippen LogP contribution in [0, 0.1) is 0 Å². The first kappa shape index (κ1) is 39.2. The van der Waals surface area contributed by atoms with E-state index in [-0.39, 0.29) is 0 Å². The molecule has 0 bridgehead atoms. The molecule has 0 N–H and O–H groups in total. The lowest BCUT2D eigenvalue weighted by Crippen LogP contribution is -2.07. The van der Waals surface area contributed by atoms with Gasteiger partial charge in [0, 0.05) is 38.2 Å². The molecule has 0 saturated carbocycles. The van der Waals surface area contributed by atoms with Gasteiger partial charge in [-0.1, -0.05) is 212 Å². The summed E-state index contributed by atoms with van der Waals surface area (Å²) in [6.07, 6.45) is 0. The first-order valence-corrected chi connectivity index (χ1v) is 23.0. The summed E-state index contributed by atoms with van der Waals surface area (Å²) in [7, 11) is 0. The van der Waals surface area contributed by atoms with Gasteiger partial charge in [0.05, 0.1) is 27.8 Å². The highest BCUT2D eigenvalue weighted by molar-refractivity contribution is 6.24. The van der Waals surface area contributed by atoms with Crippen molar-refractivity contribution in [3.8, 4) is 78.9 Å². The summed E-state index contributed by atoms with van der Waals surface area (Å²) in [5, 5.41) is 4.55. The number of para-hydroxylation sites is 3. The number of benzene rings is 10. The van der Waals surface area contributed by atoms with Gasteiger partial charge in [-0.3, -0.25) is 4.57 Å². The fourth-order valence-corrected chi connectivity index (χ4v) is 10.0. The molecule has 0 aliphatic carbocycles. The minimum absolute atomic E-state index is 0.546. The van der Waals surface area contributed by atoms with Gasteiger partial charge in [-0.25, -0.2) is 4.98 Å². The zero-order chi connectivity index (χ0) is 45.0. The van der Waals surface area contributed by atoms with E-state index in [1.54, 1.807) is 0 Å². The van der Waals surface area contributed by atoms with E-state index in [1.165, 1.54) is 27.6 Å². The molecule has 0 aliphatic heterocycles. The van der Waals surface area contributed by atoms with Crippen molar-refractivity contribution in [3.05, 3.63) is 249 Å². The number of nitrogens with zero attached hydrogens (tertiary/aromatic N) is 5. The van der Waals surface area contributed by atoms with Crippen LogP contribution in [0.3, 0.4) is 0 Å². The topological polar surface area (TPSA) is 48.5 Å². The zero-order valence-corrected chi connectivity index (χ0v) is 36.9. The molecule has 0 radical (unpaired) electrons. The molecule has 5 nitrogen and oxygen atoms in total. The minimum atomic E-state index is 0.546. The Balaban J connectivity index is 1.07. The zero-order valence-electron chi connectivity index (χ0n) is 36.9. The van der Waals surface area contributed by atoms with Crippen LogP contribution < -0.4 is 0 Å². The standard InChI is InChI=1S/C63H41N5/c1-4-19-42(20-5-1)45-25-16-27-47(39-45)48-28-18-30-50(41-48)62-64-61(44-23-8-3-9-24-44)65-63(66-62)68-58-36-15-12-33-53(58)55-38-37-54-52-32-11-14-35-57(52)67(59(54)60(55)68)56-34-13-10-31-51(56)49-29-17-26-46(40-49)43-21-6-2-7-22-43/h1-41H. The molecule has 0 fully saturated rings. The maximum absolute atomic E-state index is 5.47. The molecule has 3 aromatic heterocycles. The average molecular weight is 868 g/mol. The third-order valence-corrected chi connectivity index (χ3v) is 13.2. The predicted molar refractivity (Wildman–Crippen MR) is 281 cm³/mol. The molecule has 0 saturated heterocycles. The van der Waals surface area contributed by atoms with Crippen molar-refractivity contribution in [3.63, 3.8) is 0 Å². The number of aromatic nitrogens is 5. The van der Waals surface area contributed by atoms with Crippen molar-refractivity contribution in [2.45, 2.75) is 0 Å². The quantitative estimate of drug-likeness (QED) is 0.153. The van der Waals surface area contributed by atoms with Gasteiger partial charge in [0.2, 0.25) is 5.95 Å². The number of hydrogen-bond donors (Lipinski definition) is 0. The van der Waals surface area contributed by atoms with E-state index in [1.807, 2.05) is 18.2 Å². The Kier molecular flexibility index (Phi) is 9.43. The van der Waals surface area contributed by atoms with Gasteiger partial charge in [0.25, 0.3) is 0 Å². The number of fused-ring (bicyclic) bond motifs is 7. The van der Waals surface area contributed by atoms with E-state index < -0.39 is 0 Å². The summed E-state index contributed by atoms with van der Waals surface area (Å²) in [6, 6.07) is 88.2. The molecule has 13 rings (SSSR count). The van der Waals surface area contributed by atoms with Gasteiger partial charge in [0.15, 0.2) is 11.6 Å². The average Bonchev–Trinajstić information content (AvgIpc) is 3.95. The summed E-state index contributed by atoms with van der Waals surface area (Å²) in [5.41, 5.74) is 16.3. The second-order valence-corrected chi connectivity index (χ2v) is 17.2. The maximum atomic E-state index is 5.47. The summed E-state index contributed by atoms with van der Waals surface area (Å²) in [6.45, 7) is 0. The molecule has 5 heteroatoms. The molecular formula is C63H41N5. The molecule has 10 aromatic carbocycles. The van der Waals surface area contributed by atoms with Crippen LogP contribution in [0.4, 0.5) is 0 Å². The molecule has 3 heterocycles. The summed E-state index contributed by atoms with van der Waals surface area (Å²) < 4.78 is 4.73. The SMILES string of the molecule is c1ccc(-c2cccc(-c3cccc(-c4nc(-c5ccccc5)nc(-n5c6ccccc6c6ccc7c8ccccc8n(-c8ccccc8-c8cccc(-c9ccccc9)c8)c7c65)n4)c3)c2)cc1. The van der Waals surface area contributed by atoms with Crippen molar-refractivity contribution in [1.82, 2.24) is 24.1 Å². The molecule has 68 heavy (non-hydrogen) atoms.